The van der Waals surface area contributed by atoms with E-state index in [4.69, 9.17) is 5.73 Å². The van der Waals surface area contributed by atoms with E-state index in [0.717, 1.165) is 8.95 Å². The first kappa shape index (κ1) is 14.0. The summed E-state index contributed by atoms with van der Waals surface area (Å²) in [6.07, 6.45) is -5.13. The summed E-state index contributed by atoms with van der Waals surface area (Å²) in [4.78, 5) is 0. The molecule has 0 saturated carbocycles. The molecule has 1 nitrogen and oxygen atoms in total. The van der Waals surface area contributed by atoms with Crippen LogP contribution in [0.25, 0.3) is 0 Å². The monoisotopic (exact) mass is 359 g/mol. The molecule has 1 aromatic carbocycles. The summed E-state index contributed by atoms with van der Waals surface area (Å²) >= 11 is 6.54. The van der Waals surface area contributed by atoms with E-state index in [1.165, 1.54) is 0 Å². The van der Waals surface area contributed by atoms with Crippen molar-refractivity contribution < 1.29 is 13.2 Å². The second-order valence-electron chi connectivity index (χ2n) is 3.43. The second-order valence-corrected chi connectivity index (χ2v) is 5.20. The summed E-state index contributed by atoms with van der Waals surface area (Å²) < 4.78 is 37.6. The zero-order chi connectivity index (χ0) is 12.3. The minimum absolute atomic E-state index is 0.107. The smallest absolute Gasteiger partial charge is 0.324 e. The largest absolute Gasteiger partial charge is 0.389 e. The van der Waals surface area contributed by atoms with Crippen LogP contribution in [0.4, 0.5) is 13.2 Å². The van der Waals surface area contributed by atoms with Crippen LogP contribution >= 0.6 is 31.9 Å². The minimum Gasteiger partial charge on any atom is -0.324 e. The molecule has 0 aliphatic rings. The number of alkyl halides is 3. The van der Waals surface area contributed by atoms with Gasteiger partial charge in [0.25, 0.3) is 0 Å². The molecule has 0 spiro atoms. The van der Waals surface area contributed by atoms with Crippen LogP contribution < -0.4 is 5.73 Å². The Bertz CT molecular complexity index is 366. The SMILES string of the molecule is NC(CCC(F)(F)F)c1ccc(Br)cc1Br. The lowest BCUT2D eigenvalue weighted by molar-refractivity contribution is -0.136. The van der Waals surface area contributed by atoms with Gasteiger partial charge in [0.2, 0.25) is 0 Å². The Balaban J connectivity index is 2.70. The highest BCUT2D eigenvalue weighted by Crippen LogP contribution is 2.31. The molecule has 0 aliphatic carbocycles. The van der Waals surface area contributed by atoms with E-state index in [1.54, 1.807) is 18.2 Å². The van der Waals surface area contributed by atoms with Crippen LogP contribution in [0.3, 0.4) is 0 Å². The van der Waals surface area contributed by atoms with Gasteiger partial charge in [-0.1, -0.05) is 37.9 Å². The summed E-state index contributed by atoms with van der Waals surface area (Å²) in [5, 5.41) is 0. The molecule has 1 atom stereocenters. The van der Waals surface area contributed by atoms with Crippen molar-refractivity contribution >= 4 is 31.9 Å². The summed E-state index contributed by atoms with van der Waals surface area (Å²) in [6.45, 7) is 0. The van der Waals surface area contributed by atoms with E-state index in [0.29, 0.717) is 5.56 Å². The highest BCUT2D eigenvalue weighted by atomic mass is 79.9. The lowest BCUT2D eigenvalue weighted by Crippen LogP contribution is -2.16. The normalized spacial score (nSPS) is 13.9. The fraction of sp³-hybridized carbons (Fsp3) is 0.400. The van der Waals surface area contributed by atoms with Gasteiger partial charge in [-0.05, 0) is 24.1 Å². The van der Waals surface area contributed by atoms with Gasteiger partial charge in [0.15, 0.2) is 0 Å². The van der Waals surface area contributed by atoms with Crippen molar-refractivity contribution in [1.82, 2.24) is 0 Å². The predicted molar refractivity (Wildman–Crippen MR) is 64.1 cm³/mol. The molecule has 1 rings (SSSR count). The molecule has 0 radical (unpaired) electrons. The molecule has 1 aromatic rings. The zero-order valence-corrected chi connectivity index (χ0v) is 11.4. The Morgan fingerprint density at radius 3 is 2.38 bits per heavy atom. The lowest BCUT2D eigenvalue weighted by Gasteiger charge is -2.15. The average Bonchev–Trinajstić information content (AvgIpc) is 2.13. The van der Waals surface area contributed by atoms with Crippen molar-refractivity contribution in [2.45, 2.75) is 25.1 Å². The summed E-state index contributed by atoms with van der Waals surface area (Å²) in [7, 11) is 0. The number of halogens is 5. The van der Waals surface area contributed by atoms with Crippen LogP contribution in [0.2, 0.25) is 0 Å². The molecule has 90 valence electrons. The van der Waals surface area contributed by atoms with Crippen molar-refractivity contribution in [3.63, 3.8) is 0 Å². The maximum Gasteiger partial charge on any atom is 0.389 e. The average molecular weight is 361 g/mol. The van der Waals surface area contributed by atoms with Crippen molar-refractivity contribution in [2.24, 2.45) is 5.73 Å². The van der Waals surface area contributed by atoms with Crippen LogP contribution in [-0.4, -0.2) is 6.18 Å². The molecule has 6 heteroatoms. The van der Waals surface area contributed by atoms with Gasteiger partial charge in [0.1, 0.15) is 0 Å². The summed E-state index contributed by atoms with van der Waals surface area (Å²) in [6, 6.07) is 4.63. The van der Waals surface area contributed by atoms with Crippen molar-refractivity contribution in [3.8, 4) is 0 Å². The Morgan fingerprint density at radius 1 is 1.25 bits per heavy atom. The first-order valence-electron chi connectivity index (χ1n) is 4.57. The van der Waals surface area contributed by atoms with Gasteiger partial charge in [0, 0.05) is 21.4 Å². The topological polar surface area (TPSA) is 26.0 Å². The molecule has 2 N–H and O–H groups in total. The number of hydrogen-bond acceptors (Lipinski definition) is 1. The first-order chi connectivity index (χ1) is 7.29. The Labute approximate surface area is 108 Å². The molecule has 0 bridgehead atoms. The van der Waals surface area contributed by atoms with Gasteiger partial charge < -0.3 is 5.73 Å². The van der Waals surface area contributed by atoms with Crippen molar-refractivity contribution in [3.05, 3.63) is 32.7 Å². The Morgan fingerprint density at radius 2 is 1.88 bits per heavy atom. The molecule has 0 saturated heterocycles. The van der Waals surface area contributed by atoms with E-state index in [9.17, 15) is 13.2 Å². The predicted octanol–water partition coefficient (Wildman–Crippen LogP) is 4.55. The van der Waals surface area contributed by atoms with Crippen LogP contribution in [-0.2, 0) is 0 Å². The fourth-order valence-corrected chi connectivity index (χ4v) is 2.62. The molecular weight excluding hydrogens is 351 g/mol. The first-order valence-corrected chi connectivity index (χ1v) is 6.15. The van der Waals surface area contributed by atoms with Crippen LogP contribution in [0.1, 0.15) is 24.4 Å². The molecule has 0 aliphatic heterocycles. The minimum atomic E-state index is -4.15. The number of nitrogens with two attached hydrogens (primary N) is 1. The standard InChI is InChI=1S/C10H10Br2F3N/c11-6-1-2-7(8(12)5-6)9(16)3-4-10(13,14)15/h1-2,5,9H,3-4,16H2. The van der Waals surface area contributed by atoms with E-state index in [-0.39, 0.29) is 6.42 Å². The molecule has 1 unspecified atom stereocenters. The quantitative estimate of drug-likeness (QED) is 0.840. The lowest BCUT2D eigenvalue weighted by atomic mass is 10.0. The number of rotatable bonds is 3. The second kappa shape index (κ2) is 5.51. The van der Waals surface area contributed by atoms with Gasteiger partial charge in [0.05, 0.1) is 0 Å². The van der Waals surface area contributed by atoms with E-state index >= 15 is 0 Å². The van der Waals surface area contributed by atoms with E-state index < -0.39 is 18.6 Å². The maximum atomic E-state index is 12.0. The molecule has 0 heterocycles. The highest BCUT2D eigenvalue weighted by molar-refractivity contribution is 9.11. The van der Waals surface area contributed by atoms with E-state index in [2.05, 4.69) is 31.9 Å². The van der Waals surface area contributed by atoms with Gasteiger partial charge in [-0.15, -0.1) is 0 Å². The summed E-state index contributed by atoms with van der Waals surface area (Å²) in [5.74, 6) is 0. The van der Waals surface area contributed by atoms with Crippen LogP contribution in [0.15, 0.2) is 27.1 Å². The van der Waals surface area contributed by atoms with Gasteiger partial charge >= 0.3 is 6.18 Å². The molecule has 16 heavy (non-hydrogen) atoms. The van der Waals surface area contributed by atoms with Gasteiger partial charge in [-0.3, -0.25) is 0 Å². The Kier molecular flexibility index (Phi) is 4.82. The third-order valence-electron chi connectivity index (χ3n) is 2.10. The van der Waals surface area contributed by atoms with Crippen molar-refractivity contribution in [1.29, 1.82) is 0 Å². The van der Waals surface area contributed by atoms with E-state index in [1.807, 2.05) is 0 Å². The van der Waals surface area contributed by atoms with Gasteiger partial charge in [-0.25, -0.2) is 0 Å². The highest BCUT2D eigenvalue weighted by Gasteiger charge is 2.28. The Hall–Kier alpha value is -0.0700. The molecule has 0 aromatic heterocycles. The summed E-state index contributed by atoms with van der Waals surface area (Å²) in [5.41, 5.74) is 6.40. The number of benzene rings is 1. The van der Waals surface area contributed by atoms with Crippen LogP contribution in [0.5, 0.6) is 0 Å². The zero-order valence-electron chi connectivity index (χ0n) is 8.19. The molecule has 0 fully saturated rings. The van der Waals surface area contributed by atoms with Crippen molar-refractivity contribution in [2.75, 3.05) is 0 Å². The van der Waals surface area contributed by atoms with Crippen LogP contribution in [0, 0.1) is 0 Å². The third kappa shape index (κ3) is 4.43. The maximum absolute atomic E-state index is 12.0. The molecular formula is C10H10Br2F3N. The molecule has 0 amide bonds. The third-order valence-corrected chi connectivity index (χ3v) is 3.28. The number of hydrogen-bond donors (Lipinski definition) is 1. The fourth-order valence-electron chi connectivity index (χ4n) is 1.28. The van der Waals surface area contributed by atoms with Gasteiger partial charge in [-0.2, -0.15) is 13.2 Å².